The van der Waals surface area contributed by atoms with E-state index in [1.54, 1.807) is 13.2 Å². The zero-order valence-corrected chi connectivity index (χ0v) is 19.2. The van der Waals surface area contributed by atoms with E-state index in [1.807, 2.05) is 24.3 Å². The second-order valence-corrected chi connectivity index (χ2v) is 8.89. The lowest BCUT2D eigenvalue weighted by atomic mass is 10.1. The summed E-state index contributed by atoms with van der Waals surface area (Å²) in [7, 11) is 1.66. The normalized spacial score (nSPS) is 15.3. The van der Waals surface area contributed by atoms with Crippen molar-refractivity contribution in [3.63, 3.8) is 0 Å². The highest BCUT2D eigenvalue weighted by atomic mass is 79.9. The van der Waals surface area contributed by atoms with Gasteiger partial charge in [-0.15, -0.1) is 0 Å². The van der Waals surface area contributed by atoms with Gasteiger partial charge in [-0.2, -0.15) is 0 Å². The minimum atomic E-state index is 0.346. The molecule has 152 valence electrons. The number of rotatable bonds is 7. The van der Waals surface area contributed by atoms with E-state index in [-0.39, 0.29) is 0 Å². The first-order chi connectivity index (χ1) is 13.6. The molecule has 0 unspecified atom stereocenters. The Bertz CT molecular complexity index is 792. The highest BCUT2D eigenvalue weighted by Gasteiger charge is 2.15. The molecule has 0 amide bonds. The lowest BCUT2D eigenvalue weighted by Crippen LogP contribution is -2.28. The zero-order valence-electron chi connectivity index (χ0n) is 16.1. The monoisotopic (exact) mass is 485 g/mol. The molecule has 1 N–H and O–H groups in total. The van der Waals surface area contributed by atoms with Crippen LogP contribution in [0, 0.1) is 0 Å². The van der Waals surface area contributed by atoms with Crippen molar-refractivity contribution in [1.29, 1.82) is 0 Å². The number of benzene rings is 2. The van der Waals surface area contributed by atoms with E-state index in [4.69, 9.17) is 32.7 Å². The third kappa shape index (κ3) is 6.03. The molecule has 1 fully saturated rings. The molecule has 3 rings (SSSR count). The Morgan fingerprint density at radius 2 is 1.75 bits per heavy atom. The molecule has 3 nitrogen and oxygen atoms in total. The first-order valence-corrected chi connectivity index (χ1v) is 11.3. The number of halogens is 3. The van der Waals surface area contributed by atoms with Gasteiger partial charge in [-0.25, -0.2) is 0 Å². The summed E-state index contributed by atoms with van der Waals surface area (Å²) in [6, 6.07) is 10.00. The summed E-state index contributed by atoms with van der Waals surface area (Å²) < 4.78 is 12.5. The Morgan fingerprint density at radius 1 is 1.00 bits per heavy atom. The molecular weight excluding hydrogens is 461 g/mol. The van der Waals surface area contributed by atoms with Crippen LogP contribution in [0.1, 0.15) is 49.7 Å². The van der Waals surface area contributed by atoms with Crippen molar-refractivity contribution < 1.29 is 9.47 Å². The number of nitrogens with one attached hydrogen (secondary N) is 1. The van der Waals surface area contributed by atoms with E-state index in [0.717, 1.165) is 22.1 Å². The lowest BCUT2D eigenvalue weighted by Gasteiger charge is -2.18. The fourth-order valence-corrected chi connectivity index (χ4v) is 4.44. The van der Waals surface area contributed by atoms with Crippen LogP contribution in [-0.2, 0) is 13.2 Å². The fraction of sp³-hybridized carbons (Fsp3) is 0.455. The SMILES string of the molecule is COc1cc(CNC2CCCCCC2)c(Br)cc1OCc1ccc(Cl)cc1Cl. The van der Waals surface area contributed by atoms with Crippen molar-refractivity contribution in [2.75, 3.05) is 7.11 Å². The Kier molecular flexibility index (Phi) is 8.34. The van der Waals surface area contributed by atoms with Crippen LogP contribution in [0.5, 0.6) is 11.5 Å². The van der Waals surface area contributed by atoms with Crippen LogP contribution in [0.25, 0.3) is 0 Å². The highest BCUT2D eigenvalue weighted by Crippen LogP contribution is 2.35. The quantitative estimate of drug-likeness (QED) is 0.421. The van der Waals surface area contributed by atoms with Gasteiger partial charge in [0.1, 0.15) is 6.61 Å². The van der Waals surface area contributed by atoms with E-state index in [0.29, 0.717) is 34.2 Å². The molecule has 2 aromatic carbocycles. The van der Waals surface area contributed by atoms with E-state index in [1.165, 1.54) is 38.5 Å². The van der Waals surface area contributed by atoms with Gasteiger partial charge in [0, 0.05) is 32.7 Å². The zero-order chi connectivity index (χ0) is 19.9. The van der Waals surface area contributed by atoms with Crippen molar-refractivity contribution >= 4 is 39.1 Å². The van der Waals surface area contributed by atoms with Gasteiger partial charge in [-0.05, 0) is 42.7 Å². The van der Waals surface area contributed by atoms with E-state index in [2.05, 4.69) is 21.2 Å². The van der Waals surface area contributed by atoms with Gasteiger partial charge in [-0.1, -0.05) is 70.9 Å². The van der Waals surface area contributed by atoms with Crippen LogP contribution in [0.4, 0.5) is 0 Å². The fourth-order valence-electron chi connectivity index (χ4n) is 3.52. The van der Waals surface area contributed by atoms with Gasteiger partial charge in [0.25, 0.3) is 0 Å². The third-order valence-electron chi connectivity index (χ3n) is 5.17. The molecule has 28 heavy (non-hydrogen) atoms. The smallest absolute Gasteiger partial charge is 0.162 e. The van der Waals surface area contributed by atoms with Crippen molar-refractivity contribution in [1.82, 2.24) is 5.32 Å². The molecular formula is C22H26BrCl2NO2. The molecule has 6 heteroatoms. The van der Waals surface area contributed by atoms with Crippen molar-refractivity contribution in [3.05, 3.63) is 56.0 Å². The average molecular weight is 487 g/mol. The highest BCUT2D eigenvalue weighted by molar-refractivity contribution is 9.10. The van der Waals surface area contributed by atoms with Gasteiger partial charge >= 0.3 is 0 Å². The summed E-state index contributed by atoms with van der Waals surface area (Å²) in [6.07, 6.45) is 7.89. The molecule has 0 atom stereocenters. The number of hydrogen-bond donors (Lipinski definition) is 1. The molecule has 0 aromatic heterocycles. The van der Waals surface area contributed by atoms with Crippen LogP contribution in [-0.4, -0.2) is 13.2 Å². The van der Waals surface area contributed by atoms with E-state index in [9.17, 15) is 0 Å². The molecule has 1 saturated carbocycles. The van der Waals surface area contributed by atoms with E-state index >= 15 is 0 Å². The molecule has 2 aromatic rings. The second-order valence-electron chi connectivity index (χ2n) is 7.19. The van der Waals surface area contributed by atoms with Crippen LogP contribution in [0.3, 0.4) is 0 Å². The Hall–Kier alpha value is -0.940. The Morgan fingerprint density at radius 3 is 2.43 bits per heavy atom. The molecule has 0 heterocycles. The minimum Gasteiger partial charge on any atom is -0.493 e. The van der Waals surface area contributed by atoms with Crippen molar-refractivity contribution in [3.8, 4) is 11.5 Å². The number of methoxy groups -OCH3 is 1. The number of hydrogen-bond acceptors (Lipinski definition) is 3. The summed E-state index contributed by atoms with van der Waals surface area (Å²) in [6.45, 7) is 1.16. The average Bonchev–Trinajstić information content (AvgIpc) is 2.95. The third-order valence-corrected chi connectivity index (χ3v) is 6.49. The summed E-state index contributed by atoms with van der Waals surface area (Å²) in [5.74, 6) is 1.39. The van der Waals surface area contributed by atoms with Crippen LogP contribution in [0.15, 0.2) is 34.8 Å². The predicted octanol–water partition coefficient (Wildman–Crippen LogP) is 7.16. The van der Waals surface area contributed by atoms with Crippen molar-refractivity contribution in [2.45, 2.75) is 57.7 Å². The van der Waals surface area contributed by atoms with E-state index < -0.39 is 0 Å². The molecule has 0 spiro atoms. The maximum absolute atomic E-state index is 6.24. The lowest BCUT2D eigenvalue weighted by molar-refractivity contribution is 0.284. The summed E-state index contributed by atoms with van der Waals surface area (Å²) in [4.78, 5) is 0. The predicted molar refractivity (Wildman–Crippen MR) is 120 cm³/mol. The maximum Gasteiger partial charge on any atom is 0.162 e. The first kappa shape index (κ1) is 21.8. The summed E-state index contributed by atoms with van der Waals surface area (Å²) >= 11 is 15.9. The van der Waals surface area contributed by atoms with Crippen LogP contribution < -0.4 is 14.8 Å². The van der Waals surface area contributed by atoms with Crippen molar-refractivity contribution in [2.24, 2.45) is 0 Å². The number of ether oxygens (including phenoxy) is 2. The molecule has 0 bridgehead atoms. The van der Waals surface area contributed by atoms with Gasteiger partial charge in [0.2, 0.25) is 0 Å². The van der Waals surface area contributed by atoms with Gasteiger partial charge < -0.3 is 14.8 Å². The minimum absolute atomic E-state index is 0.346. The molecule has 1 aliphatic carbocycles. The summed E-state index contributed by atoms with van der Waals surface area (Å²) in [5, 5.41) is 4.91. The molecule has 0 saturated heterocycles. The molecule has 1 aliphatic rings. The second kappa shape index (κ2) is 10.7. The van der Waals surface area contributed by atoms with Crippen LogP contribution >= 0.6 is 39.1 Å². The van der Waals surface area contributed by atoms with Crippen LogP contribution in [0.2, 0.25) is 10.0 Å². The van der Waals surface area contributed by atoms with Gasteiger partial charge in [0.15, 0.2) is 11.5 Å². The Labute approximate surface area is 185 Å². The maximum atomic E-state index is 6.24. The molecule has 0 radical (unpaired) electrons. The van der Waals surface area contributed by atoms with Gasteiger partial charge in [0.05, 0.1) is 7.11 Å². The first-order valence-electron chi connectivity index (χ1n) is 9.73. The van der Waals surface area contributed by atoms with Gasteiger partial charge in [-0.3, -0.25) is 0 Å². The Balaban J connectivity index is 1.66. The largest absolute Gasteiger partial charge is 0.493 e. The summed E-state index contributed by atoms with van der Waals surface area (Å²) in [5.41, 5.74) is 2.04. The molecule has 0 aliphatic heterocycles. The topological polar surface area (TPSA) is 30.5 Å². The standard InChI is InChI=1S/C22H26BrCl2NO2/c1-27-21-10-16(13-26-18-6-4-2-3-5-7-18)19(23)12-22(21)28-14-15-8-9-17(24)11-20(15)25/h8-12,18,26H,2-7,13-14H2,1H3.